The van der Waals surface area contributed by atoms with Crippen LogP contribution in [0.5, 0.6) is 5.75 Å². The molecule has 128 valence electrons. The van der Waals surface area contributed by atoms with Crippen LogP contribution in [0.15, 0.2) is 18.2 Å². The zero-order valence-electron chi connectivity index (χ0n) is 13.4. The van der Waals surface area contributed by atoms with E-state index in [9.17, 15) is 9.59 Å². The summed E-state index contributed by atoms with van der Waals surface area (Å²) in [5, 5.41) is 5.54. The molecule has 0 bridgehead atoms. The smallest absolute Gasteiger partial charge is 0.224 e. The van der Waals surface area contributed by atoms with Crippen LogP contribution in [0.4, 0.5) is 11.4 Å². The second-order valence-electron chi connectivity index (χ2n) is 5.70. The van der Waals surface area contributed by atoms with Crippen LogP contribution < -0.4 is 21.1 Å². The summed E-state index contributed by atoms with van der Waals surface area (Å²) in [5.74, 6) is 0.555. The summed E-state index contributed by atoms with van der Waals surface area (Å²) >= 11 is 0. The van der Waals surface area contributed by atoms with E-state index in [1.165, 1.54) is 14.0 Å². The molecule has 0 heterocycles. The lowest BCUT2D eigenvalue weighted by atomic mass is 10.00. The van der Waals surface area contributed by atoms with Crippen molar-refractivity contribution in [2.24, 2.45) is 11.7 Å². The van der Waals surface area contributed by atoms with Gasteiger partial charge in [0.15, 0.2) is 0 Å². The predicted molar refractivity (Wildman–Crippen MR) is 93.1 cm³/mol. The maximum absolute atomic E-state index is 12.1. The molecule has 2 atom stereocenters. The summed E-state index contributed by atoms with van der Waals surface area (Å²) in [6.07, 6.45) is 3.53. The second kappa shape index (κ2) is 8.74. The highest BCUT2D eigenvalue weighted by Crippen LogP contribution is 2.29. The zero-order valence-corrected chi connectivity index (χ0v) is 14.2. The molecule has 0 spiro atoms. The minimum atomic E-state index is -0.196. The van der Waals surface area contributed by atoms with Gasteiger partial charge in [-0.05, 0) is 37.0 Å². The molecule has 1 fully saturated rings. The van der Waals surface area contributed by atoms with Gasteiger partial charge in [0.1, 0.15) is 5.75 Å². The van der Waals surface area contributed by atoms with E-state index in [1.54, 1.807) is 18.2 Å². The van der Waals surface area contributed by atoms with Gasteiger partial charge in [-0.15, -0.1) is 12.4 Å². The van der Waals surface area contributed by atoms with E-state index in [0.717, 1.165) is 19.3 Å². The first-order valence-corrected chi connectivity index (χ1v) is 7.50. The number of rotatable bonds is 5. The number of benzene rings is 1. The molecular weight excluding hydrogens is 318 g/mol. The summed E-state index contributed by atoms with van der Waals surface area (Å²) in [6.45, 7) is 1.42. The molecule has 1 aromatic rings. The van der Waals surface area contributed by atoms with Gasteiger partial charge in [-0.2, -0.15) is 0 Å². The van der Waals surface area contributed by atoms with Crippen molar-refractivity contribution in [2.45, 2.75) is 38.6 Å². The number of nitrogens with two attached hydrogens (primary N) is 1. The fourth-order valence-corrected chi connectivity index (χ4v) is 2.84. The lowest BCUT2D eigenvalue weighted by molar-refractivity contribution is -0.117. The highest BCUT2D eigenvalue weighted by Gasteiger charge is 2.26. The van der Waals surface area contributed by atoms with Crippen LogP contribution in [-0.2, 0) is 9.59 Å². The number of hydrogen-bond acceptors (Lipinski definition) is 4. The number of methoxy groups -OCH3 is 1. The second-order valence-corrected chi connectivity index (χ2v) is 5.70. The van der Waals surface area contributed by atoms with E-state index in [-0.39, 0.29) is 36.2 Å². The molecule has 1 aromatic carbocycles. The van der Waals surface area contributed by atoms with Crippen LogP contribution in [-0.4, -0.2) is 25.0 Å². The third-order valence-corrected chi connectivity index (χ3v) is 3.96. The SMILES string of the molecule is COc1ccc(NC(=O)C[C@@H]2CCC[C@H]2N)cc1NC(C)=O.Cl. The van der Waals surface area contributed by atoms with Gasteiger partial charge in [0.2, 0.25) is 11.8 Å². The van der Waals surface area contributed by atoms with Gasteiger partial charge >= 0.3 is 0 Å². The Labute approximate surface area is 142 Å². The third-order valence-electron chi connectivity index (χ3n) is 3.96. The first-order chi connectivity index (χ1) is 10.5. The van der Waals surface area contributed by atoms with Gasteiger partial charge in [-0.1, -0.05) is 6.42 Å². The Bertz CT molecular complexity index is 566. The van der Waals surface area contributed by atoms with Crippen LogP contribution in [0.1, 0.15) is 32.6 Å². The van der Waals surface area contributed by atoms with Crippen molar-refractivity contribution >= 4 is 35.6 Å². The quantitative estimate of drug-likeness (QED) is 0.767. The molecule has 2 rings (SSSR count). The van der Waals surface area contributed by atoms with Crippen LogP contribution in [0.2, 0.25) is 0 Å². The van der Waals surface area contributed by atoms with Crippen molar-refractivity contribution in [2.75, 3.05) is 17.7 Å². The third kappa shape index (κ3) is 5.41. The minimum absolute atomic E-state index is 0. The van der Waals surface area contributed by atoms with E-state index >= 15 is 0 Å². The van der Waals surface area contributed by atoms with E-state index < -0.39 is 0 Å². The van der Waals surface area contributed by atoms with Crippen molar-refractivity contribution < 1.29 is 14.3 Å². The topological polar surface area (TPSA) is 93.4 Å². The molecule has 0 saturated heterocycles. The lowest BCUT2D eigenvalue weighted by Crippen LogP contribution is -2.28. The molecule has 0 unspecified atom stereocenters. The molecule has 4 N–H and O–H groups in total. The fourth-order valence-electron chi connectivity index (χ4n) is 2.84. The Balaban J connectivity index is 0.00000264. The first-order valence-electron chi connectivity index (χ1n) is 7.50. The largest absolute Gasteiger partial charge is 0.495 e. The van der Waals surface area contributed by atoms with E-state index in [0.29, 0.717) is 23.5 Å². The molecule has 2 amide bonds. The van der Waals surface area contributed by atoms with Gasteiger partial charge < -0.3 is 21.1 Å². The molecule has 0 aromatic heterocycles. The van der Waals surface area contributed by atoms with E-state index in [1.807, 2.05) is 0 Å². The molecule has 23 heavy (non-hydrogen) atoms. The Morgan fingerprint density at radius 2 is 2.04 bits per heavy atom. The number of nitrogens with one attached hydrogen (secondary N) is 2. The summed E-state index contributed by atoms with van der Waals surface area (Å²) in [4.78, 5) is 23.3. The molecule has 6 nitrogen and oxygen atoms in total. The summed E-state index contributed by atoms with van der Waals surface area (Å²) in [5.41, 5.74) is 7.15. The van der Waals surface area contributed by atoms with E-state index in [4.69, 9.17) is 10.5 Å². The van der Waals surface area contributed by atoms with Gasteiger partial charge in [-0.25, -0.2) is 0 Å². The van der Waals surface area contributed by atoms with Crippen LogP contribution in [0.25, 0.3) is 0 Å². The maximum Gasteiger partial charge on any atom is 0.224 e. The van der Waals surface area contributed by atoms with Crippen molar-refractivity contribution in [3.8, 4) is 5.75 Å². The van der Waals surface area contributed by atoms with Crippen molar-refractivity contribution in [1.82, 2.24) is 0 Å². The predicted octanol–water partition coefficient (Wildman–Crippen LogP) is 2.53. The molecule has 1 aliphatic carbocycles. The Morgan fingerprint density at radius 3 is 2.61 bits per heavy atom. The van der Waals surface area contributed by atoms with Gasteiger partial charge in [0.05, 0.1) is 12.8 Å². The average molecular weight is 342 g/mol. The van der Waals surface area contributed by atoms with Crippen LogP contribution >= 0.6 is 12.4 Å². The monoisotopic (exact) mass is 341 g/mol. The van der Waals surface area contributed by atoms with Crippen molar-refractivity contribution in [1.29, 1.82) is 0 Å². The average Bonchev–Trinajstić information content (AvgIpc) is 2.84. The van der Waals surface area contributed by atoms with Crippen LogP contribution in [0.3, 0.4) is 0 Å². The van der Waals surface area contributed by atoms with Crippen LogP contribution in [0, 0.1) is 5.92 Å². The minimum Gasteiger partial charge on any atom is -0.495 e. The highest BCUT2D eigenvalue weighted by molar-refractivity contribution is 5.94. The van der Waals surface area contributed by atoms with Crippen molar-refractivity contribution in [3.05, 3.63) is 18.2 Å². The maximum atomic E-state index is 12.1. The molecule has 0 aliphatic heterocycles. The van der Waals surface area contributed by atoms with Crippen molar-refractivity contribution in [3.63, 3.8) is 0 Å². The summed E-state index contributed by atoms with van der Waals surface area (Å²) < 4.78 is 5.18. The number of halogens is 1. The number of carbonyl (C=O) groups is 2. The summed E-state index contributed by atoms with van der Waals surface area (Å²) in [6, 6.07) is 5.27. The Kier molecular flexibility index (Phi) is 7.32. The zero-order chi connectivity index (χ0) is 16.1. The first kappa shape index (κ1) is 19.3. The summed E-state index contributed by atoms with van der Waals surface area (Å²) in [7, 11) is 1.53. The lowest BCUT2D eigenvalue weighted by Gasteiger charge is -2.16. The fraction of sp³-hybridized carbons (Fsp3) is 0.500. The Hall–Kier alpha value is -1.79. The van der Waals surface area contributed by atoms with E-state index in [2.05, 4.69) is 10.6 Å². The molecule has 7 heteroatoms. The molecule has 1 saturated carbocycles. The molecular formula is C16H24ClN3O3. The molecule has 1 aliphatic rings. The Morgan fingerprint density at radius 1 is 1.30 bits per heavy atom. The highest BCUT2D eigenvalue weighted by atomic mass is 35.5. The van der Waals surface area contributed by atoms with Gasteiger partial charge in [0.25, 0.3) is 0 Å². The number of hydrogen-bond donors (Lipinski definition) is 3. The molecule has 0 radical (unpaired) electrons. The number of amides is 2. The van der Waals surface area contributed by atoms with Gasteiger partial charge in [0, 0.05) is 25.1 Å². The normalized spacial score (nSPS) is 19.6. The number of anilines is 2. The number of ether oxygens (including phenoxy) is 1. The standard InChI is InChI=1S/C16H23N3O3.ClH/c1-10(20)18-14-9-12(6-7-15(14)22-2)19-16(21)8-11-4-3-5-13(11)17;/h6-7,9,11,13H,3-5,8,17H2,1-2H3,(H,18,20)(H,19,21);1H/t11-,13+;/m0./s1. The number of carbonyl (C=O) groups excluding carboxylic acids is 2. The van der Waals surface area contributed by atoms with Gasteiger partial charge in [-0.3, -0.25) is 9.59 Å².